The van der Waals surface area contributed by atoms with Crippen molar-refractivity contribution in [3.05, 3.63) is 28.2 Å². The van der Waals surface area contributed by atoms with Crippen LogP contribution in [0.1, 0.15) is 36.5 Å². The van der Waals surface area contributed by atoms with E-state index in [2.05, 4.69) is 33.1 Å². The Morgan fingerprint density at radius 1 is 1.55 bits per heavy atom. The van der Waals surface area contributed by atoms with Gasteiger partial charge in [-0.3, -0.25) is 9.36 Å². The van der Waals surface area contributed by atoms with E-state index in [4.69, 9.17) is 5.11 Å². The normalized spacial score (nSPS) is 12.5. The minimum Gasteiger partial charge on any atom is -0.481 e. The fraction of sp³-hybridized carbons (Fsp3) is 0.462. The van der Waals surface area contributed by atoms with Crippen molar-refractivity contribution in [2.45, 2.75) is 37.9 Å². The maximum atomic E-state index is 10.7. The van der Waals surface area contributed by atoms with Gasteiger partial charge in [-0.1, -0.05) is 31.2 Å². The highest BCUT2D eigenvalue weighted by Gasteiger charge is 2.21. The van der Waals surface area contributed by atoms with Gasteiger partial charge in [0.05, 0.1) is 11.8 Å². The van der Waals surface area contributed by atoms with E-state index in [9.17, 15) is 4.79 Å². The average Bonchev–Trinajstić information content (AvgIpc) is 3.04. The van der Waals surface area contributed by atoms with Crippen LogP contribution >= 0.6 is 23.1 Å². The molecule has 2 aromatic rings. The van der Waals surface area contributed by atoms with E-state index in [1.807, 2.05) is 13.0 Å². The van der Waals surface area contributed by atoms with Gasteiger partial charge in [0.25, 0.3) is 0 Å². The summed E-state index contributed by atoms with van der Waals surface area (Å²) in [6, 6.07) is 4.33. The molecule has 0 radical (unpaired) electrons. The number of thiophene rings is 1. The van der Waals surface area contributed by atoms with Gasteiger partial charge in [0.2, 0.25) is 0 Å². The third-order valence-corrected chi connectivity index (χ3v) is 4.81. The van der Waals surface area contributed by atoms with Crippen molar-refractivity contribution < 1.29 is 9.90 Å². The van der Waals surface area contributed by atoms with E-state index < -0.39 is 5.97 Å². The monoisotopic (exact) mass is 311 g/mol. The van der Waals surface area contributed by atoms with Crippen molar-refractivity contribution in [3.63, 3.8) is 0 Å². The number of rotatable bonds is 7. The Labute approximate surface area is 126 Å². The van der Waals surface area contributed by atoms with Crippen LogP contribution in [0.15, 0.2) is 22.7 Å². The number of carbonyl (C=O) groups is 1. The van der Waals surface area contributed by atoms with Gasteiger partial charge in [0.15, 0.2) is 5.16 Å². The second-order valence-corrected chi connectivity index (χ2v) is 6.32. The number of hydrogen-bond acceptors (Lipinski definition) is 5. The molecule has 5 nitrogen and oxygen atoms in total. The molecule has 0 saturated heterocycles. The van der Waals surface area contributed by atoms with E-state index in [0.717, 1.165) is 18.7 Å². The van der Waals surface area contributed by atoms with Crippen LogP contribution in [0.5, 0.6) is 0 Å². The molecule has 2 heterocycles. The summed E-state index contributed by atoms with van der Waals surface area (Å²) in [4.78, 5) is 12.0. The molecule has 1 unspecified atom stereocenters. The van der Waals surface area contributed by atoms with Crippen LogP contribution in [0.25, 0.3) is 0 Å². The summed E-state index contributed by atoms with van der Waals surface area (Å²) in [7, 11) is 0. The summed E-state index contributed by atoms with van der Waals surface area (Å²) in [6.45, 7) is 4.05. The van der Waals surface area contributed by atoms with Crippen LogP contribution in [0.4, 0.5) is 0 Å². The second-order valence-electron chi connectivity index (χ2n) is 4.40. The predicted molar refractivity (Wildman–Crippen MR) is 80.5 cm³/mol. The fourth-order valence-electron chi connectivity index (χ4n) is 2.09. The van der Waals surface area contributed by atoms with Gasteiger partial charge in [-0.2, -0.15) is 0 Å². The third-order valence-electron chi connectivity index (χ3n) is 2.91. The van der Waals surface area contributed by atoms with Crippen molar-refractivity contribution in [1.29, 1.82) is 0 Å². The van der Waals surface area contributed by atoms with Crippen LogP contribution in [0.3, 0.4) is 0 Å². The van der Waals surface area contributed by atoms with Crippen molar-refractivity contribution in [2.75, 3.05) is 5.75 Å². The molecule has 1 atom stereocenters. The quantitative estimate of drug-likeness (QED) is 0.795. The minimum atomic E-state index is -0.842. The summed E-state index contributed by atoms with van der Waals surface area (Å²) < 4.78 is 2.06. The molecule has 1 N–H and O–H groups in total. The van der Waals surface area contributed by atoms with E-state index in [0.29, 0.717) is 5.16 Å². The largest absolute Gasteiger partial charge is 0.481 e. The highest BCUT2D eigenvalue weighted by Crippen LogP contribution is 2.32. The summed E-state index contributed by atoms with van der Waals surface area (Å²) in [6.07, 6.45) is 2.03. The molecular formula is C13H17N3O2S2. The molecule has 0 fully saturated rings. The molecule has 2 rings (SSSR count). The number of thioether (sulfide) groups is 1. The maximum absolute atomic E-state index is 10.7. The Bertz CT molecular complexity index is 566. The molecule has 108 valence electrons. The molecule has 0 amide bonds. The first-order valence-corrected chi connectivity index (χ1v) is 8.29. The molecule has 20 heavy (non-hydrogen) atoms. The number of carboxylic acid groups (broad SMARTS) is 1. The lowest BCUT2D eigenvalue weighted by molar-refractivity contribution is -0.133. The van der Waals surface area contributed by atoms with E-state index in [1.165, 1.54) is 16.6 Å². The van der Waals surface area contributed by atoms with E-state index in [-0.39, 0.29) is 11.8 Å². The van der Waals surface area contributed by atoms with Gasteiger partial charge in [-0.05, 0) is 24.8 Å². The zero-order chi connectivity index (χ0) is 14.5. The first-order chi connectivity index (χ1) is 9.63. The highest BCUT2D eigenvalue weighted by molar-refractivity contribution is 7.99. The predicted octanol–water partition coefficient (Wildman–Crippen LogP) is 3.21. The molecule has 0 aliphatic heterocycles. The Kier molecular flexibility index (Phi) is 5.19. The lowest BCUT2D eigenvalue weighted by Crippen LogP contribution is -2.13. The molecule has 0 spiro atoms. The Hall–Kier alpha value is -1.34. The second kappa shape index (κ2) is 6.90. The number of aromatic nitrogens is 3. The van der Waals surface area contributed by atoms with E-state index in [1.54, 1.807) is 11.3 Å². The summed E-state index contributed by atoms with van der Waals surface area (Å²) in [5, 5.41) is 19.8. The zero-order valence-corrected chi connectivity index (χ0v) is 13.1. The molecule has 0 aromatic carbocycles. The van der Waals surface area contributed by atoms with Crippen molar-refractivity contribution in [3.8, 4) is 0 Å². The molecular weight excluding hydrogens is 294 g/mol. The van der Waals surface area contributed by atoms with Crippen LogP contribution in [0.2, 0.25) is 0 Å². The maximum Gasteiger partial charge on any atom is 0.313 e. The van der Waals surface area contributed by atoms with Gasteiger partial charge in [0.1, 0.15) is 5.82 Å². The van der Waals surface area contributed by atoms with Crippen LogP contribution in [-0.4, -0.2) is 31.6 Å². The smallest absolute Gasteiger partial charge is 0.313 e. The molecule has 2 aromatic heterocycles. The van der Waals surface area contributed by atoms with Gasteiger partial charge in [0, 0.05) is 4.88 Å². The minimum absolute atomic E-state index is 0.00141. The first-order valence-electron chi connectivity index (χ1n) is 6.43. The molecule has 0 aliphatic rings. The van der Waals surface area contributed by atoms with Crippen molar-refractivity contribution in [2.24, 2.45) is 0 Å². The summed E-state index contributed by atoms with van der Waals surface area (Å²) in [5.41, 5.74) is 0. The molecule has 0 aliphatic carbocycles. The lowest BCUT2D eigenvalue weighted by atomic mass is 10.1. The first kappa shape index (κ1) is 15.1. The molecule has 0 saturated carbocycles. The van der Waals surface area contributed by atoms with Crippen LogP contribution in [0, 0.1) is 6.92 Å². The number of aliphatic carboxylic acids is 1. The number of hydrogen-bond donors (Lipinski definition) is 1. The molecule has 7 heteroatoms. The SMILES string of the molecule is CCCC(c1cccs1)n1c(C)nnc1SCC(=O)O. The number of nitrogens with zero attached hydrogens (tertiary/aromatic N) is 3. The molecule has 0 bridgehead atoms. The van der Waals surface area contributed by atoms with Crippen molar-refractivity contribution in [1.82, 2.24) is 14.8 Å². The topological polar surface area (TPSA) is 68.0 Å². The average molecular weight is 311 g/mol. The summed E-state index contributed by atoms with van der Waals surface area (Å²) in [5.74, 6) is -0.0170. The van der Waals surface area contributed by atoms with Gasteiger partial charge >= 0.3 is 5.97 Å². The van der Waals surface area contributed by atoms with Gasteiger partial charge in [-0.15, -0.1) is 21.5 Å². The highest BCUT2D eigenvalue weighted by atomic mass is 32.2. The number of aryl methyl sites for hydroxylation is 1. The van der Waals surface area contributed by atoms with Crippen molar-refractivity contribution >= 4 is 29.1 Å². The Morgan fingerprint density at radius 3 is 2.95 bits per heavy atom. The Morgan fingerprint density at radius 2 is 2.35 bits per heavy atom. The Balaban J connectivity index is 2.32. The third kappa shape index (κ3) is 3.40. The van der Waals surface area contributed by atoms with Crippen LogP contribution < -0.4 is 0 Å². The van der Waals surface area contributed by atoms with E-state index >= 15 is 0 Å². The van der Waals surface area contributed by atoms with Crippen LogP contribution in [-0.2, 0) is 4.79 Å². The zero-order valence-electron chi connectivity index (χ0n) is 11.4. The lowest BCUT2D eigenvalue weighted by Gasteiger charge is -2.19. The summed E-state index contributed by atoms with van der Waals surface area (Å²) >= 11 is 2.93. The number of carboxylic acids is 1. The standard InChI is InChI=1S/C13H17N3O2S2/c1-3-5-10(11-6-4-7-19-11)16-9(2)14-15-13(16)20-8-12(17)18/h4,6-7,10H,3,5,8H2,1-2H3,(H,17,18). The fourth-order valence-corrected chi connectivity index (χ4v) is 3.69. The van der Waals surface area contributed by atoms with Gasteiger partial charge < -0.3 is 5.11 Å². The van der Waals surface area contributed by atoms with Gasteiger partial charge in [-0.25, -0.2) is 0 Å².